The van der Waals surface area contributed by atoms with E-state index in [0.29, 0.717) is 12.8 Å². The molecule has 8 heteroatoms. The van der Waals surface area contributed by atoms with Crippen LogP contribution in [0.4, 0.5) is 0 Å². The fourth-order valence-electron chi connectivity index (χ4n) is 3.83. The summed E-state index contributed by atoms with van der Waals surface area (Å²) in [5.41, 5.74) is 0.836. The molecular weight excluding hydrogens is 392 g/mol. The van der Waals surface area contributed by atoms with Gasteiger partial charge in [0.1, 0.15) is 12.2 Å². The van der Waals surface area contributed by atoms with Gasteiger partial charge in [0.2, 0.25) is 0 Å². The lowest BCUT2D eigenvalue weighted by molar-refractivity contribution is -0.359. The summed E-state index contributed by atoms with van der Waals surface area (Å²) in [6.45, 7) is 0.224. The first kappa shape index (κ1) is 21.0. The Hall–Kier alpha value is -2.26. The number of hydrogen-bond acceptors (Lipinski definition) is 8. The zero-order valence-electron chi connectivity index (χ0n) is 16.8. The Balaban J connectivity index is 1.61. The highest BCUT2D eigenvalue weighted by Gasteiger charge is 2.53. The van der Waals surface area contributed by atoms with Gasteiger partial charge in [-0.05, 0) is 12.8 Å². The largest absolute Gasteiger partial charge is 0.455 e. The van der Waals surface area contributed by atoms with E-state index in [0.717, 1.165) is 5.56 Å². The zero-order chi connectivity index (χ0) is 20.9. The molecular formula is C22H26O8. The van der Waals surface area contributed by atoms with E-state index in [4.69, 9.17) is 28.4 Å². The van der Waals surface area contributed by atoms with Crippen molar-refractivity contribution in [3.8, 4) is 0 Å². The first-order chi connectivity index (χ1) is 14.7. The molecule has 0 amide bonds. The molecule has 0 N–H and O–H groups in total. The van der Waals surface area contributed by atoms with Crippen LogP contribution in [0.1, 0.15) is 37.5 Å². The number of esters is 2. The Morgan fingerprint density at radius 1 is 0.867 bits per heavy atom. The van der Waals surface area contributed by atoms with Crippen LogP contribution < -0.4 is 0 Å². The monoisotopic (exact) mass is 418 g/mol. The molecule has 1 unspecified atom stereocenters. The molecule has 0 saturated carbocycles. The summed E-state index contributed by atoms with van der Waals surface area (Å²) in [6.07, 6.45) is 0.699. The lowest BCUT2D eigenvalue weighted by Crippen LogP contribution is -2.64. The van der Waals surface area contributed by atoms with Crippen molar-refractivity contribution in [1.82, 2.24) is 0 Å². The molecule has 0 bridgehead atoms. The van der Waals surface area contributed by atoms with Gasteiger partial charge in [-0.25, -0.2) is 0 Å². The Labute approximate surface area is 175 Å². The van der Waals surface area contributed by atoms with Gasteiger partial charge in [-0.3, -0.25) is 9.59 Å². The quantitative estimate of drug-likeness (QED) is 0.534. The van der Waals surface area contributed by atoms with E-state index in [2.05, 4.69) is 0 Å². The topological polar surface area (TPSA) is 89.5 Å². The van der Waals surface area contributed by atoms with Crippen molar-refractivity contribution in [3.63, 3.8) is 0 Å². The van der Waals surface area contributed by atoms with Gasteiger partial charge in [0, 0.05) is 25.5 Å². The normalized spacial score (nSPS) is 35.1. The Morgan fingerprint density at radius 2 is 1.53 bits per heavy atom. The molecule has 8 nitrogen and oxygen atoms in total. The molecule has 30 heavy (non-hydrogen) atoms. The van der Waals surface area contributed by atoms with E-state index < -0.39 is 48.9 Å². The van der Waals surface area contributed by atoms with Crippen molar-refractivity contribution < 1.29 is 38.0 Å². The predicted octanol–water partition coefficient (Wildman–Crippen LogP) is 2.43. The van der Waals surface area contributed by atoms with Crippen LogP contribution in [-0.4, -0.2) is 56.4 Å². The molecule has 6 atom stereocenters. The van der Waals surface area contributed by atoms with E-state index in [-0.39, 0.29) is 19.4 Å². The number of hydrogen-bond donors (Lipinski definition) is 0. The number of fused-ring (bicyclic) bond motifs is 3. The summed E-state index contributed by atoms with van der Waals surface area (Å²) in [5.74, 6) is -0.810. The fourth-order valence-corrected chi connectivity index (χ4v) is 3.83. The van der Waals surface area contributed by atoms with Gasteiger partial charge in [0.05, 0.1) is 6.61 Å². The second-order valence-corrected chi connectivity index (χ2v) is 7.41. The summed E-state index contributed by atoms with van der Waals surface area (Å²) in [7, 11) is 1.45. The van der Waals surface area contributed by atoms with E-state index in [1.165, 1.54) is 7.11 Å². The van der Waals surface area contributed by atoms with Gasteiger partial charge in [-0.1, -0.05) is 42.5 Å². The number of carbonyl (C=O) groups excluding carboxylic acids is 2. The van der Waals surface area contributed by atoms with Crippen LogP contribution in [0.2, 0.25) is 0 Å². The minimum atomic E-state index is -0.939. The maximum absolute atomic E-state index is 12.5. The number of methoxy groups -OCH3 is 1. The molecule has 3 aliphatic heterocycles. The van der Waals surface area contributed by atoms with Crippen LogP contribution in [0.25, 0.3) is 0 Å². The van der Waals surface area contributed by atoms with Gasteiger partial charge in [0.25, 0.3) is 0 Å². The second kappa shape index (κ2) is 9.70. The van der Waals surface area contributed by atoms with E-state index in [1.54, 1.807) is 0 Å². The highest BCUT2D eigenvalue weighted by atomic mass is 16.8. The van der Waals surface area contributed by atoms with E-state index >= 15 is 0 Å². The summed E-state index contributed by atoms with van der Waals surface area (Å²) in [6, 6.07) is 9.47. The minimum absolute atomic E-state index is 0.217. The van der Waals surface area contributed by atoms with Crippen LogP contribution >= 0.6 is 0 Å². The third-order valence-electron chi connectivity index (χ3n) is 5.32. The van der Waals surface area contributed by atoms with Crippen molar-refractivity contribution in [3.05, 3.63) is 48.0 Å². The standard InChI is InChI=1S/C22H26O8/c1-25-22-20-19(28-16(23)11-7-2-3-8-12-17(24)29-20)18-15(27-22)13-26-21(30-18)14-9-5-4-6-10-14/h2-6,9-10,15,18-22H,7-8,11-13H2,1H3/t15-,18-,19+,20+,21?,22+/m1/s1. The maximum atomic E-state index is 12.5. The molecule has 2 saturated heterocycles. The fraction of sp³-hybridized carbons (Fsp3) is 0.545. The molecule has 1 aromatic carbocycles. The highest BCUT2D eigenvalue weighted by Crippen LogP contribution is 2.37. The average Bonchev–Trinajstić information content (AvgIpc) is 2.76. The Kier molecular flexibility index (Phi) is 6.79. The smallest absolute Gasteiger partial charge is 0.306 e. The van der Waals surface area contributed by atoms with Crippen molar-refractivity contribution in [2.24, 2.45) is 0 Å². The third kappa shape index (κ3) is 4.73. The van der Waals surface area contributed by atoms with Gasteiger partial charge in [-0.2, -0.15) is 0 Å². The molecule has 0 aromatic heterocycles. The molecule has 4 rings (SSSR count). The molecule has 3 aliphatic rings. The van der Waals surface area contributed by atoms with Crippen molar-refractivity contribution >= 4 is 11.9 Å². The van der Waals surface area contributed by atoms with Gasteiger partial charge in [0.15, 0.2) is 24.8 Å². The molecule has 3 heterocycles. The number of rotatable bonds is 2. The van der Waals surface area contributed by atoms with Gasteiger partial charge >= 0.3 is 11.9 Å². The van der Waals surface area contributed by atoms with Gasteiger partial charge < -0.3 is 28.4 Å². The number of ether oxygens (including phenoxy) is 6. The SMILES string of the molecule is CO[C@H]1O[C@@H]2COC(c3ccccc3)O[C@H]2[C@@H]2OC(=O)CCC=CCCC(=O)O[C@H]12. The third-order valence-corrected chi connectivity index (χ3v) is 5.32. The highest BCUT2D eigenvalue weighted by molar-refractivity contribution is 5.71. The molecule has 162 valence electrons. The Bertz CT molecular complexity index is 764. The van der Waals surface area contributed by atoms with Crippen molar-refractivity contribution in [2.75, 3.05) is 13.7 Å². The number of benzene rings is 1. The molecule has 0 spiro atoms. The first-order valence-electron chi connectivity index (χ1n) is 10.2. The summed E-state index contributed by atoms with van der Waals surface area (Å²) < 4.78 is 34.8. The molecule has 0 aliphatic carbocycles. The van der Waals surface area contributed by atoms with E-state index in [9.17, 15) is 9.59 Å². The van der Waals surface area contributed by atoms with Crippen LogP contribution in [0.3, 0.4) is 0 Å². The first-order valence-corrected chi connectivity index (χ1v) is 10.2. The zero-order valence-corrected chi connectivity index (χ0v) is 16.8. The lowest BCUT2D eigenvalue weighted by Gasteiger charge is -2.47. The summed E-state index contributed by atoms with van der Waals surface area (Å²) in [5, 5.41) is 0. The average molecular weight is 418 g/mol. The van der Waals surface area contributed by atoms with Crippen LogP contribution in [0.5, 0.6) is 0 Å². The van der Waals surface area contributed by atoms with Crippen LogP contribution in [0, 0.1) is 0 Å². The second-order valence-electron chi connectivity index (χ2n) is 7.41. The number of carbonyl (C=O) groups is 2. The number of allylic oxidation sites excluding steroid dienone is 2. The summed E-state index contributed by atoms with van der Waals surface area (Å²) >= 11 is 0. The van der Waals surface area contributed by atoms with E-state index in [1.807, 2.05) is 42.5 Å². The van der Waals surface area contributed by atoms with Gasteiger partial charge in [-0.15, -0.1) is 0 Å². The molecule has 2 fully saturated rings. The Morgan fingerprint density at radius 3 is 2.20 bits per heavy atom. The molecule has 1 aromatic rings. The molecule has 0 radical (unpaired) electrons. The van der Waals surface area contributed by atoms with Crippen molar-refractivity contribution in [1.29, 1.82) is 0 Å². The predicted molar refractivity (Wildman–Crippen MR) is 103 cm³/mol. The van der Waals surface area contributed by atoms with Crippen LogP contribution in [-0.2, 0) is 38.0 Å². The van der Waals surface area contributed by atoms with Crippen LogP contribution in [0.15, 0.2) is 42.5 Å². The summed E-state index contributed by atoms with van der Waals surface area (Å²) in [4.78, 5) is 24.9. The maximum Gasteiger partial charge on any atom is 0.306 e. The van der Waals surface area contributed by atoms with Crippen molar-refractivity contribution in [2.45, 2.75) is 62.7 Å². The lowest BCUT2D eigenvalue weighted by atomic mass is 9.97. The minimum Gasteiger partial charge on any atom is -0.455 e.